The largest absolute Gasteiger partial charge is 0.493 e. The second kappa shape index (κ2) is 8.79. The minimum Gasteiger partial charge on any atom is -0.493 e. The van der Waals surface area contributed by atoms with Crippen molar-refractivity contribution in [3.63, 3.8) is 0 Å². The molecule has 0 aromatic heterocycles. The zero-order valence-electron chi connectivity index (χ0n) is 17.3. The van der Waals surface area contributed by atoms with Crippen LogP contribution in [0, 0.1) is 6.92 Å². The Kier molecular flexibility index (Phi) is 6.41. The fraction of sp³-hybridized carbons (Fsp3) is 0.600. The number of nitrogens with zero attached hydrogens (tertiary/aromatic N) is 1. The highest BCUT2D eigenvalue weighted by Crippen LogP contribution is 2.29. The number of methoxy groups -OCH3 is 2. The van der Waals surface area contributed by atoms with Crippen LogP contribution in [0.25, 0.3) is 0 Å². The van der Waals surface area contributed by atoms with Gasteiger partial charge in [0.25, 0.3) is 5.91 Å². The highest BCUT2D eigenvalue weighted by atomic mass is 16.5. The van der Waals surface area contributed by atoms with E-state index in [2.05, 4.69) is 18.3 Å². The first-order chi connectivity index (χ1) is 13.4. The monoisotopic (exact) mass is 392 g/mol. The third-order valence-electron chi connectivity index (χ3n) is 5.99. The lowest BCUT2D eigenvalue weighted by atomic mass is 10.1. The van der Waals surface area contributed by atoms with Crippen LogP contribution in [0.1, 0.15) is 18.1 Å². The second-order valence-electron chi connectivity index (χ2n) is 7.66. The molecule has 2 aliphatic heterocycles. The van der Waals surface area contributed by atoms with E-state index in [4.69, 9.17) is 9.47 Å². The second-order valence-corrected chi connectivity index (χ2v) is 7.66. The maximum Gasteiger partial charge on any atom is 0.324 e. The fourth-order valence-corrected chi connectivity index (χ4v) is 4.11. The van der Waals surface area contributed by atoms with Crippen molar-refractivity contribution in [1.82, 2.24) is 10.2 Å². The van der Waals surface area contributed by atoms with Gasteiger partial charge in [-0.2, -0.15) is 0 Å². The van der Waals surface area contributed by atoms with Gasteiger partial charge < -0.3 is 24.6 Å². The summed E-state index contributed by atoms with van der Waals surface area (Å²) in [5.41, 5.74) is 2.46. The number of amides is 3. The van der Waals surface area contributed by atoms with Crippen molar-refractivity contribution in [2.75, 3.05) is 53.5 Å². The summed E-state index contributed by atoms with van der Waals surface area (Å²) in [5.74, 6) is 1.45. The summed E-state index contributed by atoms with van der Waals surface area (Å²) < 4.78 is 10.8. The molecule has 8 heteroatoms. The number of imide groups is 1. The molecule has 0 spiro atoms. The van der Waals surface area contributed by atoms with Gasteiger partial charge >= 0.3 is 6.03 Å². The van der Waals surface area contributed by atoms with Gasteiger partial charge in [0.15, 0.2) is 17.5 Å². The van der Waals surface area contributed by atoms with Crippen LogP contribution in [0.2, 0.25) is 0 Å². The van der Waals surface area contributed by atoms with Gasteiger partial charge in [0.1, 0.15) is 32.7 Å². The number of ether oxygens (including phenoxy) is 2. The average Bonchev–Trinajstić information content (AvgIpc) is 3.14. The van der Waals surface area contributed by atoms with E-state index in [1.807, 2.05) is 13.0 Å². The molecule has 2 saturated heterocycles. The first kappa shape index (κ1) is 20.4. The summed E-state index contributed by atoms with van der Waals surface area (Å²) in [4.78, 5) is 28.5. The van der Waals surface area contributed by atoms with Crippen molar-refractivity contribution in [2.24, 2.45) is 0 Å². The summed E-state index contributed by atoms with van der Waals surface area (Å²) in [7, 11) is 3.31. The zero-order chi connectivity index (χ0) is 20.3. The molecule has 3 rings (SSSR count). The normalized spacial score (nSPS) is 23.3. The smallest absolute Gasteiger partial charge is 0.324 e. The fourth-order valence-electron chi connectivity index (χ4n) is 4.11. The number of aryl methyl sites for hydroxylation is 1. The maximum absolute atomic E-state index is 12.6. The lowest BCUT2D eigenvalue weighted by molar-refractivity contribution is -1.02. The standard InChI is InChI=1S/C20H30N4O4/c1-14-11-17(27-3)18(28-4)12-16(14)13-22-7-9-23(10-8-22)15(2)19(25)24-6-5-21-20(24)26/h11-12,15H,5-10,13H2,1-4H3,(H,21,26)/p+2/t15-/m1/s1. The highest BCUT2D eigenvalue weighted by Gasteiger charge is 2.37. The first-order valence-electron chi connectivity index (χ1n) is 9.93. The molecule has 0 bridgehead atoms. The lowest BCUT2D eigenvalue weighted by Crippen LogP contribution is -3.29. The summed E-state index contributed by atoms with van der Waals surface area (Å²) in [5, 5.41) is 2.70. The molecular weight excluding hydrogens is 360 g/mol. The van der Waals surface area contributed by atoms with Crippen molar-refractivity contribution in [3.8, 4) is 11.5 Å². The third-order valence-corrected chi connectivity index (χ3v) is 5.99. The van der Waals surface area contributed by atoms with E-state index in [1.165, 1.54) is 25.8 Å². The molecule has 154 valence electrons. The third kappa shape index (κ3) is 4.23. The molecule has 0 aliphatic carbocycles. The molecule has 3 amide bonds. The Morgan fingerprint density at radius 3 is 2.39 bits per heavy atom. The number of benzene rings is 1. The number of carbonyl (C=O) groups excluding carboxylic acids is 2. The van der Waals surface area contributed by atoms with E-state index in [1.54, 1.807) is 14.2 Å². The number of carbonyl (C=O) groups is 2. The van der Waals surface area contributed by atoms with Crippen LogP contribution in [0.3, 0.4) is 0 Å². The van der Waals surface area contributed by atoms with Crippen molar-refractivity contribution in [2.45, 2.75) is 26.4 Å². The van der Waals surface area contributed by atoms with E-state index >= 15 is 0 Å². The highest BCUT2D eigenvalue weighted by molar-refractivity contribution is 5.97. The lowest BCUT2D eigenvalue weighted by Gasteiger charge is -2.33. The molecule has 3 N–H and O–H groups in total. The number of rotatable bonds is 6. The Hall–Kier alpha value is -2.32. The Morgan fingerprint density at radius 1 is 1.18 bits per heavy atom. The minimum absolute atomic E-state index is 0.0656. The first-order valence-corrected chi connectivity index (χ1v) is 9.93. The van der Waals surface area contributed by atoms with Crippen LogP contribution in [0.15, 0.2) is 12.1 Å². The zero-order valence-corrected chi connectivity index (χ0v) is 17.3. The van der Waals surface area contributed by atoms with Gasteiger partial charge in [-0.15, -0.1) is 0 Å². The summed E-state index contributed by atoms with van der Waals surface area (Å²) in [6.45, 7) is 9.82. The SMILES string of the molecule is COc1cc(C)c(C[NH+]2CC[NH+]([C@H](C)C(=O)N3CCNC3=O)CC2)cc1OC. The van der Waals surface area contributed by atoms with Crippen molar-refractivity contribution in [1.29, 1.82) is 0 Å². The molecule has 28 heavy (non-hydrogen) atoms. The Balaban J connectivity index is 1.57. The number of nitrogens with one attached hydrogen (secondary N) is 3. The molecule has 1 atom stereocenters. The van der Waals surface area contributed by atoms with Crippen molar-refractivity contribution in [3.05, 3.63) is 23.3 Å². The van der Waals surface area contributed by atoms with Gasteiger partial charge in [-0.25, -0.2) is 4.79 Å². The Morgan fingerprint density at radius 2 is 1.82 bits per heavy atom. The minimum atomic E-state index is -0.260. The summed E-state index contributed by atoms with van der Waals surface area (Å²) in [6, 6.07) is 3.65. The summed E-state index contributed by atoms with van der Waals surface area (Å²) in [6.07, 6.45) is 0. The topological polar surface area (TPSA) is 76.8 Å². The molecule has 0 radical (unpaired) electrons. The van der Waals surface area contributed by atoms with Crippen LogP contribution in [0.4, 0.5) is 4.79 Å². The van der Waals surface area contributed by atoms with Gasteiger partial charge in [-0.1, -0.05) is 0 Å². The number of urea groups is 1. The van der Waals surface area contributed by atoms with Gasteiger partial charge in [0.2, 0.25) is 0 Å². The van der Waals surface area contributed by atoms with Gasteiger partial charge in [0.05, 0.1) is 14.2 Å². The Bertz CT molecular complexity index is 731. The quantitative estimate of drug-likeness (QED) is 0.536. The molecular formula is C20H32N4O4+2. The molecule has 8 nitrogen and oxygen atoms in total. The summed E-state index contributed by atoms with van der Waals surface area (Å²) >= 11 is 0. The van der Waals surface area contributed by atoms with Crippen LogP contribution >= 0.6 is 0 Å². The van der Waals surface area contributed by atoms with Crippen molar-refractivity contribution >= 4 is 11.9 Å². The van der Waals surface area contributed by atoms with Crippen LogP contribution in [-0.4, -0.2) is 76.4 Å². The van der Waals surface area contributed by atoms with Gasteiger partial charge in [0, 0.05) is 18.7 Å². The van der Waals surface area contributed by atoms with E-state index in [0.717, 1.165) is 44.2 Å². The maximum atomic E-state index is 12.6. The number of quaternary nitrogens is 2. The molecule has 0 unspecified atom stereocenters. The van der Waals surface area contributed by atoms with Crippen molar-refractivity contribution < 1.29 is 28.9 Å². The predicted molar refractivity (Wildman–Crippen MR) is 104 cm³/mol. The molecule has 0 saturated carbocycles. The molecule has 1 aromatic rings. The van der Waals surface area contributed by atoms with E-state index in [9.17, 15) is 9.59 Å². The van der Waals surface area contributed by atoms with E-state index < -0.39 is 0 Å². The molecule has 2 aliphatic rings. The van der Waals surface area contributed by atoms with E-state index in [-0.39, 0.29) is 18.0 Å². The van der Waals surface area contributed by atoms with Gasteiger partial charge in [-0.3, -0.25) is 9.69 Å². The average molecular weight is 393 g/mol. The predicted octanol–water partition coefficient (Wildman–Crippen LogP) is -1.76. The number of hydrogen-bond acceptors (Lipinski definition) is 4. The molecule has 2 fully saturated rings. The van der Waals surface area contributed by atoms with E-state index in [0.29, 0.717) is 13.1 Å². The van der Waals surface area contributed by atoms with Crippen LogP contribution in [-0.2, 0) is 11.3 Å². The number of hydrogen-bond donors (Lipinski definition) is 3. The van der Waals surface area contributed by atoms with Crippen LogP contribution in [0.5, 0.6) is 11.5 Å². The molecule has 2 heterocycles. The molecule has 1 aromatic carbocycles. The Labute approximate surface area is 166 Å². The number of piperazine rings is 1. The van der Waals surface area contributed by atoms with Gasteiger partial charge in [-0.05, 0) is 31.5 Å². The van der Waals surface area contributed by atoms with Crippen LogP contribution < -0.4 is 24.6 Å².